The topological polar surface area (TPSA) is 26.3 Å². The molecule has 2 nitrogen and oxygen atoms in total. The molecule has 0 saturated heterocycles. The van der Waals surface area contributed by atoms with Crippen LogP contribution in [0.25, 0.3) is 0 Å². The molecule has 0 aliphatic carbocycles. The second-order valence-electron chi connectivity index (χ2n) is 5.51. The molecule has 0 bridgehead atoms. The summed E-state index contributed by atoms with van der Waals surface area (Å²) >= 11 is 0. The third-order valence-corrected chi connectivity index (χ3v) is 3.71. The fourth-order valence-corrected chi connectivity index (χ4v) is 2.53. The van der Waals surface area contributed by atoms with Crippen LogP contribution in [-0.4, -0.2) is 5.97 Å². The first kappa shape index (κ1) is 15.6. The zero-order valence-corrected chi connectivity index (χ0v) is 12.8. The maximum absolute atomic E-state index is 11.7. The number of allylic oxidation sites excluding steroid dienone is 2. The molecule has 1 aromatic rings. The van der Waals surface area contributed by atoms with Gasteiger partial charge < -0.3 is 4.74 Å². The molecule has 1 heterocycles. The number of carbonyl (C=O) groups excluding carboxylic acids is 1. The Morgan fingerprint density at radius 1 is 1.19 bits per heavy atom. The largest absolute Gasteiger partial charge is 0.454 e. The maximum Gasteiger partial charge on any atom is 0.331 e. The minimum atomic E-state index is -0.235. The summed E-state index contributed by atoms with van der Waals surface area (Å²) in [5.41, 5.74) is 2.13. The molecule has 0 spiro atoms. The van der Waals surface area contributed by atoms with Gasteiger partial charge in [0, 0.05) is 12.5 Å². The molecule has 0 saturated carbocycles. The standard InChI is InChI=1S/C19H24O2/c1-2-3-4-5-6-8-11-16-14-18(21-19(20)15-16)17-12-9-7-10-13-17/h7-13,15,18H,2-6,14H2,1H3/b11-8+. The number of unbranched alkanes of at least 4 members (excludes halogenated alkanes) is 4. The normalized spacial score (nSPS) is 18.6. The Labute approximate surface area is 127 Å². The van der Waals surface area contributed by atoms with Crippen LogP contribution in [-0.2, 0) is 9.53 Å². The molecule has 21 heavy (non-hydrogen) atoms. The number of hydrogen-bond acceptors (Lipinski definition) is 2. The van der Waals surface area contributed by atoms with E-state index < -0.39 is 0 Å². The second kappa shape index (κ2) is 8.46. The summed E-state index contributed by atoms with van der Waals surface area (Å²) in [5, 5.41) is 0. The van der Waals surface area contributed by atoms with Gasteiger partial charge in [-0.25, -0.2) is 4.79 Å². The van der Waals surface area contributed by atoms with Crippen molar-refractivity contribution < 1.29 is 9.53 Å². The van der Waals surface area contributed by atoms with Gasteiger partial charge in [-0.15, -0.1) is 0 Å². The van der Waals surface area contributed by atoms with Crippen LogP contribution in [0.4, 0.5) is 0 Å². The summed E-state index contributed by atoms with van der Waals surface area (Å²) in [6, 6.07) is 9.95. The molecule has 1 aromatic carbocycles. The number of cyclic esters (lactones) is 1. The smallest absolute Gasteiger partial charge is 0.331 e. The van der Waals surface area contributed by atoms with Gasteiger partial charge in [0.05, 0.1) is 0 Å². The van der Waals surface area contributed by atoms with Gasteiger partial charge in [-0.05, 0) is 24.0 Å². The van der Waals surface area contributed by atoms with Crippen molar-refractivity contribution in [1.82, 2.24) is 0 Å². The van der Waals surface area contributed by atoms with Gasteiger partial charge in [-0.3, -0.25) is 0 Å². The SMILES string of the molecule is CCCCCC/C=C/C1=CC(=O)OC(c2ccccc2)C1. The molecular formula is C19H24O2. The summed E-state index contributed by atoms with van der Waals surface area (Å²) in [5.74, 6) is -0.235. The predicted molar refractivity (Wildman–Crippen MR) is 85.9 cm³/mol. The van der Waals surface area contributed by atoms with E-state index in [4.69, 9.17) is 4.74 Å². The molecule has 2 rings (SSSR count). The summed E-state index contributed by atoms with van der Waals surface area (Å²) < 4.78 is 5.41. The molecule has 1 aliphatic heterocycles. The summed E-state index contributed by atoms with van der Waals surface area (Å²) in [6.07, 6.45) is 12.7. The minimum Gasteiger partial charge on any atom is -0.454 e. The molecule has 0 aromatic heterocycles. The minimum absolute atomic E-state index is 0.150. The monoisotopic (exact) mass is 284 g/mol. The highest BCUT2D eigenvalue weighted by molar-refractivity contribution is 5.84. The fourth-order valence-electron chi connectivity index (χ4n) is 2.53. The van der Waals surface area contributed by atoms with E-state index in [0.29, 0.717) is 0 Å². The van der Waals surface area contributed by atoms with Crippen molar-refractivity contribution in [2.24, 2.45) is 0 Å². The second-order valence-corrected chi connectivity index (χ2v) is 5.51. The van der Waals surface area contributed by atoms with E-state index in [1.165, 1.54) is 25.7 Å². The van der Waals surface area contributed by atoms with Gasteiger partial charge in [0.2, 0.25) is 0 Å². The van der Waals surface area contributed by atoms with Crippen LogP contribution in [0.2, 0.25) is 0 Å². The highest BCUT2D eigenvalue weighted by Crippen LogP contribution is 2.29. The maximum atomic E-state index is 11.7. The fraction of sp³-hybridized carbons (Fsp3) is 0.421. The highest BCUT2D eigenvalue weighted by Gasteiger charge is 2.21. The quantitative estimate of drug-likeness (QED) is 0.512. The molecular weight excluding hydrogens is 260 g/mol. The van der Waals surface area contributed by atoms with Crippen LogP contribution in [0.1, 0.15) is 57.1 Å². The van der Waals surface area contributed by atoms with Crippen LogP contribution < -0.4 is 0 Å². The molecule has 0 radical (unpaired) electrons. The van der Waals surface area contributed by atoms with Crippen molar-refractivity contribution in [1.29, 1.82) is 0 Å². The Bertz CT molecular complexity index is 500. The predicted octanol–water partition coefficient (Wildman–Crippen LogP) is 5.13. The average molecular weight is 284 g/mol. The lowest BCUT2D eigenvalue weighted by molar-refractivity contribution is -0.144. The van der Waals surface area contributed by atoms with Gasteiger partial charge in [-0.1, -0.05) is 68.7 Å². The van der Waals surface area contributed by atoms with Gasteiger partial charge in [0.15, 0.2) is 0 Å². The highest BCUT2D eigenvalue weighted by atomic mass is 16.5. The third kappa shape index (κ3) is 5.22. The first-order valence-electron chi connectivity index (χ1n) is 7.92. The third-order valence-electron chi connectivity index (χ3n) is 3.71. The summed E-state index contributed by atoms with van der Waals surface area (Å²) in [6.45, 7) is 2.22. The molecule has 0 N–H and O–H groups in total. The lowest BCUT2D eigenvalue weighted by atomic mass is 9.98. The number of esters is 1. The van der Waals surface area contributed by atoms with E-state index in [0.717, 1.165) is 24.0 Å². The van der Waals surface area contributed by atoms with Crippen molar-refractivity contribution in [3.05, 3.63) is 59.7 Å². The molecule has 0 fully saturated rings. The van der Waals surface area contributed by atoms with Crippen molar-refractivity contribution in [3.63, 3.8) is 0 Å². The Kier molecular flexibility index (Phi) is 6.26. The summed E-state index contributed by atoms with van der Waals surface area (Å²) in [4.78, 5) is 11.7. The van der Waals surface area contributed by atoms with Crippen LogP contribution >= 0.6 is 0 Å². The first-order chi connectivity index (χ1) is 10.3. The molecule has 1 aliphatic rings. The van der Waals surface area contributed by atoms with Gasteiger partial charge in [-0.2, -0.15) is 0 Å². The number of benzene rings is 1. The van der Waals surface area contributed by atoms with Crippen molar-refractivity contribution in [3.8, 4) is 0 Å². The van der Waals surface area contributed by atoms with Crippen molar-refractivity contribution >= 4 is 5.97 Å². The molecule has 112 valence electrons. The molecule has 1 unspecified atom stereocenters. The van der Waals surface area contributed by atoms with E-state index in [-0.39, 0.29) is 12.1 Å². The Balaban J connectivity index is 1.88. The number of rotatable bonds is 7. The zero-order chi connectivity index (χ0) is 14.9. The van der Waals surface area contributed by atoms with Crippen LogP contribution in [0.5, 0.6) is 0 Å². The van der Waals surface area contributed by atoms with Crippen molar-refractivity contribution in [2.75, 3.05) is 0 Å². The Morgan fingerprint density at radius 3 is 2.76 bits per heavy atom. The van der Waals surface area contributed by atoms with E-state index in [2.05, 4.69) is 19.1 Å². The zero-order valence-electron chi connectivity index (χ0n) is 12.8. The Morgan fingerprint density at radius 2 is 2.00 bits per heavy atom. The van der Waals surface area contributed by atoms with E-state index >= 15 is 0 Å². The van der Waals surface area contributed by atoms with E-state index in [1.807, 2.05) is 30.3 Å². The van der Waals surface area contributed by atoms with Crippen LogP contribution in [0.15, 0.2) is 54.1 Å². The summed E-state index contributed by atoms with van der Waals surface area (Å²) in [7, 11) is 0. The first-order valence-corrected chi connectivity index (χ1v) is 7.92. The lowest BCUT2D eigenvalue weighted by Crippen LogP contribution is -2.15. The number of ether oxygens (including phenoxy) is 1. The van der Waals surface area contributed by atoms with Gasteiger partial charge in [0.1, 0.15) is 6.10 Å². The number of hydrogen-bond donors (Lipinski definition) is 0. The van der Waals surface area contributed by atoms with E-state index in [9.17, 15) is 4.79 Å². The number of carbonyl (C=O) groups is 1. The van der Waals surface area contributed by atoms with Gasteiger partial charge >= 0.3 is 5.97 Å². The molecule has 2 heteroatoms. The Hall–Kier alpha value is -1.83. The molecule has 1 atom stereocenters. The van der Waals surface area contributed by atoms with Gasteiger partial charge in [0.25, 0.3) is 0 Å². The molecule has 0 amide bonds. The van der Waals surface area contributed by atoms with Crippen LogP contribution in [0.3, 0.4) is 0 Å². The van der Waals surface area contributed by atoms with Crippen molar-refractivity contribution in [2.45, 2.75) is 51.6 Å². The lowest BCUT2D eigenvalue weighted by Gasteiger charge is -2.22. The average Bonchev–Trinajstić information content (AvgIpc) is 2.51. The van der Waals surface area contributed by atoms with E-state index in [1.54, 1.807) is 6.08 Å². The van der Waals surface area contributed by atoms with Crippen LogP contribution in [0, 0.1) is 0 Å².